The van der Waals surface area contributed by atoms with E-state index in [4.69, 9.17) is 21.1 Å². The number of nitrogens with zero attached hydrogens (tertiary/aromatic N) is 3. The molecule has 0 radical (unpaired) electrons. The molecule has 1 fully saturated rings. The van der Waals surface area contributed by atoms with E-state index in [-0.39, 0.29) is 42.9 Å². The molecule has 0 amide bonds. The Morgan fingerprint density at radius 3 is 3.00 bits per heavy atom. The Morgan fingerprint density at radius 1 is 1.45 bits per heavy atom. The third-order valence-electron chi connectivity index (χ3n) is 5.22. The number of alkyl halides is 2. The SMILES string of the molecule is O=C(O)c1nn(CC2C[C@@H](Oc3ccc(Cl)cn3)CCO2)c2c1CC(F)(F)CC2. The number of pyridine rings is 1. The molecule has 0 aromatic carbocycles. The predicted octanol–water partition coefficient (Wildman–Crippen LogP) is 3.38. The van der Waals surface area contributed by atoms with Crippen molar-refractivity contribution >= 4 is 17.6 Å². The van der Waals surface area contributed by atoms with Crippen molar-refractivity contribution in [1.82, 2.24) is 14.8 Å². The van der Waals surface area contributed by atoms with E-state index in [1.807, 2.05) is 0 Å². The lowest BCUT2D eigenvalue weighted by Crippen LogP contribution is -2.36. The van der Waals surface area contributed by atoms with Crippen LogP contribution in [0.4, 0.5) is 8.78 Å². The Balaban J connectivity index is 1.47. The van der Waals surface area contributed by atoms with Gasteiger partial charge in [0.1, 0.15) is 6.10 Å². The molecular formula is C19H20ClF2N3O4. The minimum Gasteiger partial charge on any atom is -0.476 e. The Morgan fingerprint density at radius 2 is 2.28 bits per heavy atom. The highest BCUT2D eigenvalue weighted by Gasteiger charge is 2.39. The van der Waals surface area contributed by atoms with Gasteiger partial charge in [0.15, 0.2) is 5.69 Å². The normalized spacial score (nSPS) is 23.4. The molecule has 1 saturated heterocycles. The summed E-state index contributed by atoms with van der Waals surface area (Å²) in [5.74, 6) is -3.74. The maximum atomic E-state index is 13.8. The third-order valence-corrected chi connectivity index (χ3v) is 5.44. The van der Waals surface area contributed by atoms with Crippen molar-refractivity contribution in [1.29, 1.82) is 0 Å². The summed E-state index contributed by atoms with van der Waals surface area (Å²) in [6, 6.07) is 3.38. The number of ether oxygens (including phenoxy) is 2. The minimum absolute atomic E-state index is 0.0873. The molecular weight excluding hydrogens is 408 g/mol. The summed E-state index contributed by atoms with van der Waals surface area (Å²) in [4.78, 5) is 15.6. The molecule has 1 aliphatic carbocycles. The Bertz CT molecular complexity index is 904. The highest BCUT2D eigenvalue weighted by Crippen LogP contribution is 2.35. The number of rotatable bonds is 5. The van der Waals surface area contributed by atoms with Gasteiger partial charge in [-0.3, -0.25) is 4.68 Å². The van der Waals surface area contributed by atoms with Crippen LogP contribution in [0.2, 0.25) is 5.02 Å². The molecule has 1 aliphatic heterocycles. The summed E-state index contributed by atoms with van der Waals surface area (Å²) < 4.78 is 40.8. The molecule has 2 aliphatic rings. The number of carbonyl (C=O) groups is 1. The topological polar surface area (TPSA) is 86.5 Å². The van der Waals surface area contributed by atoms with Crippen molar-refractivity contribution in [2.45, 2.75) is 56.8 Å². The molecule has 1 N–H and O–H groups in total. The molecule has 4 rings (SSSR count). The van der Waals surface area contributed by atoms with Crippen molar-refractivity contribution in [3.63, 3.8) is 0 Å². The van der Waals surface area contributed by atoms with Gasteiger partial charge < -0.3 is 14.6 Å². The van der Waals surface area contributed by atoms with Gasteiger partial charge >= 0.3 is 5.97 Å². The van der Waals surface area contributed by atoms with Crippen molar-refractivity contribution in [2.24, 2.45) is 0 Å². The molecule has 2 atom stereocenters. The zero-order chi connectivity index (χ0) is 20.6. The first-order valence-corrected chi connectivity index (χ1v) is 9.78. The van der Waals surface area contributed by atoms with Gasteiger partial charge in [-0.05, 0) is 12.5 Å². The van der Waals surface area contributed by atoms with Crippen LogP contribution in [0.5, 0.6) is 5.88 Å². The first-order chi connectivity index (χ1) is 13.8. The maximum absolute atomic E-state index is 13.8. The van der Waals surface area contributed by atoms with Crippen molar-refractivity contribution in [2.75, 3.05) is 6.61 Å². The van der Waals surface area contributed by atoms with Gasteiger partial charge in [-0.1, -0.05) is 11.6 Å². The van der Waals surface area contributed by atoms with Gasteiger partial charge in [0, 0.05) is 49.2 Å². The Labute approximate surface area is 170 Å². The molecule has 156 valence electrons. The Kier molecular flexibility index (Phi) is 5.44. The molecule has 0 saturated carbocycles. The molecule has 1 unspecified atom stereocenters. The summed E-state index contributed by atoms with van der Waals surface area (Å²) >= 11 is 5.83. The first-order valence-electron chi connectivity index (χ1n) is 9.40. The van der Waals surface area contributed by atoms with Crippen LogP contribution in [0.3, 0.4) is 0 Å². The fraction of sp³-hybridized carbons (Fsp3) is 0.526. The van der Waals surface area contributed by atoms with Gasteiger partial charge in [0.05, 0.1) is 24.3 Å². The van der Waals surface area contributed by atoms with Gasteiger partial charge in [-0.15, -0.1) is 0 Å². The fourth-order valence-electron chi connectivity index (χ4n) is 3.85. The number of aromatic nitrogens is 3. The molecule has 2 aromatic heterocycles. The number of halogens is 3. The molecule has 0 spiro atoms. The van der Waals surface area contributed by atoms with Crippen LogP contribution in [0.25, 0.3) is 0 Å². The second kappa shape index (κ2) is 7.87. The van der Waals surface area contributed by atoms with E-state index in [0.717, 1.165) is 0 Å². The lowest BCUT2D eigenvalue weighted by atomic mass is 9.92. The highest BCUT2D eigenvalue weighted by molar-refractivity contribution is 6.30. The van der Waals surface area contributed by atoms with E-state index in [1.54, 1.807) is 12.1 Å². The first kappa shape index (κ1) is 20.0. The molecule has 10 heteroatoms. The zero-order valence-corrected chi connectivity index (χ0v) is 16.2. The van der Waals surface area contributed by atoms with E-state index >= 15 is 0 Å². The average Bonchev–Trinajstić information content (AvgIpc) is 3.00. The quantitative estimate of drug-likeness (QED) is 0.787. The Hall–Kier alpha value is -2.26. The van der Waals surface area contributed by atoms with Crippen LogP contribution in [0.1, 0.15) is 41.0 Å². The van der Waals surface area contributed by atoms with Crippen molar-refractivity contribution < 1.29 is 28.2 Å². The lowest BCUT2D eigenvalue weighted by Gasteiger charge is -2.30. The van der Waals surface area contributed by atoms with Crippen LogP contribution in [-0.2, 0) is 24.1 Å². The summed E-state index contributed by atoms with van der Waals surface area (Å²) in [5, 5.41) is 14.0. The number of aromatic carboxylic acids is 1. The molecule has 2 aromatic rings. The third kappa shape index (κ3) is 4.51. The van der Waals surface area contributed by atoms with Crippen LogP contribution in [-0.4, -0.2) is 50.6 Å². The zero-order valence-electron chi connectivity index (χ0n) is 15.5. The second-order valence-electron chi connectivity index (χ2n) is 7.37. The molecule has 3 heterocycles. The van der Waals surface area contributed by atoms with Crippen LogP contribution in [0, 0.1) is 0 Å². The summed E-state index contributed by atoms with van der Waals surface area (Å²) in [5.41, 5.74) is 0.385. The van der Waals surface area contributed by atoms with Crippen molar-refractivity contribution in [3.8, 4) is 5.88 Å². The van der Waals surface area contributed by atoms with E-state index in [0.29, 0.717) is 36.0 Å². The average molecular weight is 428 g/mol. The van der Waals surface area contributed by atoms with E-state index in [1.165, 1.54) is 10.9 Å². The molecule has 7 nitrogen and oxygen atoms in total. The monoisotopic (exact) mass is 427 g/mol. The van der Waals surface area contributed by atoms with Crippen molar-refractivity contribution in [3.05, 3.63) is 40.3 Å². The number of hydrogen-bond donors (Lipinski definition) is 1. The summed E-state index contributed by atoms with van der Waals surface area (Å²) in [7, 11) is 0. The minimum atomic E-state index is -2.91. The second-order valence-corrected chi connectivity index (χ2v) is 7.80. The van der Waals surface area contributed by atoms with E-state index in [2.05, 4.69) is 10.1 Å². The number of hydrogen-bond acceptors (Lipinski definition) is 5. The number of fused-ring (bicyclic) bond motifs is 1. The largest absolute Gasteiger partial charge is 0.476 e. The van der Waals surface area contributed by atoms with Gasteiger partial charge in [-0.2, -0.15) is 5.10 Å². The lowest BCUT2D eigenvalue weighted by molar-refractivity contribution is -0.0450. The highest BCUT2D eigenvalue weighted by atomic mass is 35.5. The summed E-state index contributed by atoms with van der Waals surface area (Å²) in [6.07, 6.45) is 1.53. The van der Waals surface area contributed by atoms with Gasteiger partial charge in [0.2, 0.25) is 5.88 Å². The maximum Gasteiger partial charge on any atom is 0.356 e. The predicted molar refractivity (Wildman–Crippen MR) is 98.8 cm³/mol. The smallest absolute Gasteiger partial charge is 0.356 e. The number of carboxylic acid groups (broad SMARTS) is 1. The van der Waals surface area contributed by atoms with Crippen LogP contribution < -0.4 is 4.74 Å². The molecule has 0 bridgehead atoms. The van der Waals surface area contributed by atoms with Gasteiger partial charge in [-0.25, -0.2) is 18.6 Å². The molecule has 29 heavy (non-hydrogen) atoms. The van der Waals surface area contributed by atoms with Crippen LogP contribution >= 0.6 is 11.6 Å². The number of carboxylic acids is 1. The standard InChI is InChI=1S/C19H20ClF2N3O4/c20-11-1-2-16(23-9-11)29-12-4-6-28-13(7-12)10-25-15-3-5-19(21,22)8-14(15)17(24-25)18(26)27/h1-2,9,12-13H,3-8,10H2,(H,26,27)/t12-,13?/m0/s1. The van der Waals surface area contributed by atoms with E-state index < -0.39 is 18.3 Å². The summed E-state index contributed by atoms with van der Waals surface area (Å²) in [6.45, 7) is 0.755. The van der Waals surface area contributed by atoms with E-state index in [9.17, 15) is 18.7 Å². The van der Waals surface area contributed by atoms with Crippen LogP contribution in [0.15, 0.2) is 18.3 Å². The van der Waals surface area contributed by atoms with Gasteiger partial charge in [0.25, 0.3) is 5.92 Å². The fourth-order valence-corrected chi connectivity index (χ4v) is 3.96.